The maximum absolute atomic E-state index is 6.23. The molecule has 1 aromatic heterocycles. The van der Waals surface area contributed by atoms with E-state index in [-0.39, 0.29) is 11.5 Å². The van der Waals surface area contributed by atoms with Gasteiger partial charge < -0.3 is 15.5 Å². The van der Waals surface area contributed by atoms with Gasteiger partial charge in [0.05, 0.1) is 13.2 Å². The third kappa shape index (κ3) is 2.79. The lowest BCUT2D eigenvalue weighted by molar-refractivity contribution is 0.397. The number of nitrogens with two attached hydrogens (primary N) is 1. The molecule has 0 radical (unpaired) electrons. The number of ether oxygens (including phenoxy) is 1. The fourth-order valence-electron chi connectivity index (χ4n) is 2.11. The third-order valence-corrected chi connectivity index (χ3v) is 3.20. The molecular formula is C15H21N3O. The number of nitrogens with one attached hydrogen (secondary N) is 1. The summed E-state index contributed by atoms with van der Waals surface area (Å²) in [6.07, 6.45) is 3.49. The molecule has 0 fully saturated rings. The molecule has 1 unspecified atom stereocenters. The van der Waals surface area contributed by atoms with E-state index in [9.17, 15) is 0 Å². The molecule has 4 heteroatoms. The van der Waals surface area contributed by atoms with Gasteiger partial charge >= 0.3 is 0 Å². The fraction of sp³-hybridized carbons (Fsp3) is 0.400. The molecule has 19 heavy (non-hydrogen) atoms. The van der Waals surface area contributed by atoms with Gasteiger partial charge in [0.15, 0.2) is 0 Å². The molecule has 2 rings (SSSR count). The Morgan fingerprint density at radius 2 is 2.05 bits per heavy atom. The maximum Gasteiger partial charge on any atom is 0.127 e. The number of hydrogen-bond acceptors (Lipinski definition) is 3. The maximum atomic E-state index is 6.23. The Kier molecular flexibility index (Phi) is 3.62. The standard InChI is InChI=1S/C15H21N3O/c1-15(2,3)11-9-10(5-6-12(11)19-4)13(16)14-17-7-8-18-14/h5-9,13H,16H2,1-4H3,(H,17,18). The van der Waals surface area contributed by atoms with Crippen LogP contribution < -0.4 is 10.5 Å². The van der Waals surface area contributed by atoms with E-state index in [0.29, 0.717) is 0 Å². The van der Waals surface area contributed by atoms with Crippen molar-refractivity contribution in [1.29, 1.82) is 0 Å². The number of imidazole rings is 1. The molecule has 1 aromatic carbocycles. The van der Waals surface area contributed by atoms with Crippen LogP contribution in [0, 0.1) is 0 Å². The minimum absolute atomic E-state index is 0.00420. The highest BCUT2D eigenvalue weighted by Crippen LogP contribution is 2.33. The van der Waals surface area contributed by atoms with Crippen LogP contribution in [0.4, 0.5) is 0 Å². The molecular weight excluding hydrogens is 238 g/mol. The average molecular weight is 259 g/mol. The predicted octanol–water partition coefficient (Wildman–Crippen LogP) is 2.76. The summed E-state index contributed by atoms with van der Waals surface area (Å²) in [6, 6.07) is 5.81. The first-order chi connectivity index (χ1) is 8.93. The largest absolute Gasteiger partial charge is 0.496 e. The lowest BCUT2D eigenvalue weighted by Gasteiger charge is -2.23. The van der Waals surface area contributed by atoms with Crippen molar-refractivity contribution in [3.8, 4) is 5.75 Å². The van der Waals surface area contributed by atoms with Gasteiger partial charge in [0.25, 0.3) is 0 Å². The lowest BCUT2D eigenvalue weighted by Crippen LogP contribution is -2.17. The molecule has 1 atom stereocenters. The fourth-order valence-corrected chi connectivity index (χ4v) is 2.11. The van der Waals surface area contributed by atoms with Crippen molar-refractivity contribution in [3.05, 3.63) is 47.5 Å². The van der Waals surface area contributed by atoms with E-state index in [0.717, 1.165) is 22.7 Å². The van der Waals surface area contributed by atoms with E-state index in [1.165, 1.54) is 0 Å². The van der Waals surface area contributed by atoms with Gasteiger partial charge in [-0.2, -0.15) is 0 Å². The van der Waals surface area contributed by atoms with E-state index in [1.54, 1.807) is 19.5 Å². The van der Waals surface area contributed by atoms with Crippen LogP contribution in [0.5, 0.6) is 5.75 Å². The highest BCUT2D eigenvalue weighted by Gasteiger charge is 2.21. The first-order valence-electron chi connectivity index (χ1n) is 6.36. The van der Waals surface area contributed by atoms with Crippen LogP contribution >= 0.6 is 0 Å². The number of aromatic amines is 1. The van der Waals surface area contributed by atoms with Crippen LogP contribution in [-0.4, -0.2) is 17.1 Å². The zero-order valence-corrected chi connectivity index (χ0v) is 11.9. The van der Waals surface area contributed by atoms with Crippen molar-refractivity contribution in [2.75, 3.05) is 7.11 Å². The van der Waals surface area contributed by atoms with Crippen LogP contribution in [0.3, 0.4) is 0 Å². The van der Waals surface area contributed by atoms with Gasteiger partial charge in [-0.1, -0.05) is 26.8 Å². The minimum atomic E-state index is -0.248. The molecule has 0 amide bonds. The van der Waals surface area contributed by atoms with E-state index in [1.807, 2.05) is 12.1 Å². The van der Waals surface area contributed by atoms with Gasteiger partial charge in [0.1, 0.15) is 11.6 Å². The summed E-state index contributed by atoms with van der Waals surface area (Å²) in [4.78, 5) is 7.27. The number of benzene rings is 1. The lowest BCUT2D eigenvalue weighted by atomic mass is 9.84. The topological polar surface area (TPSA) is 63.9 Å². The van der Waals surface area contributed by atoms with Gasteiger partial charge in [-0.25, -0.2) is 4.98 Å². The summed E-state index contributed by atoms with van der Waals surface area (Å²) in [5, 5.41) is 0. The van der Waals surface area contributed by atoms with Crippen molar-refractivity contribution in [2.45, 2.75) is 32.2 Å². The number of nitrogens with zero attached hydrogens (tertiary/aromatic N) is 1. The second kappa shape index (κ2) is 5.05. The molecule has 0 saturated heterocycles. The monoisotopic (exact) mass is 259 g/mol. The Morgan fingerprint density at radius 1 is 1.32 bits per heavy atom. The molecule has 4 nitrogen and oxygen atoms in total. The average Bonchev–Trinajstić information content (AvgIpc) is 2.90. The van der Waals surface area contributed by atoms with E-state index >= 15 is 0 Å². The van der Waals surface area contributed by atoms with Crippen LogP contribution in [0.2, 0.25) is 0 Å². The van der Waals surface area contributed by atoms with Gasteiger partial charge in [-0.05, 0) is 28.7 Å². The second-order valence-corrected chi connectivity index (χ2v) is 5.66. The number of H-pyrrole nitrogens is 1. The Morgan fingerprint density at radius 3 is 2.58 bits per heavy atom. The first-order valence-corrected chi connectivity index (χ1v) is 6.36. The van der Waals surface area contributed by atoms with Crippen LogP contribution in [-0.2, 0) is 5.41 Å². The van der Waals surface area contributed by atoms with Crippen LogP contribution in [0.25, 0.3) is 0 Å². The normalized spacial score (nSPS) is 13.3. The van der Waals surface area contributed by atoms with Gasteiger partial charge in [-0.3, -0.25) is 0 Å². The van der Waals surface area contributed by atoms with Gasteiger partial charge in [-0.15, -0.1) is 0 Å². The van der Waals surface area contributed by atoms with Crippen molar-refractivity contribution in [1.82, 2.24) is 9.97 Å². The zero-order valence-electron chi connectivity index (χ0n) is 11.9. The molecule has 0 aliphatic rings. The number of aromatic nitrogens is 2. The zero-order chi connectivity index (χ0) is 14.0. The smallest absolute Gasteiger partial charge is 0.127 e. The van der Waals surface area contributed by atoms with Crippen LogP contribution in [0.1, 0.15) is 43.8 Å². The van der Waals surface area contributed by atoms with Crippen molar-refractivity contribution in [2.24, 2.45) is 5.73 Å². The van der Waals surface area contributed by atoms with Gasteiger partial charge in [0, 0.05) is 12.4 Å². The van der Waals surface area contributed by atoms with Crippen molar-refractivity contribution in [3.63, 3.8) is 0 Å². The quantitative estimate of drug-likeness (QED) is 0.890. The summed E-state index contributed by atoms with van der Waals surface area (Å²) >= 11 is 0. The molecule has 0 saturated carbocycles. The summed E-state index contributed by atoms with van der Waals surface area (Å²) < 4.78 is 5.43. The second-order valence-electron chi connectivity index (χ2n) is 5.66. The first kappa shape index (κ1) is 13.6. The molecule has 0 spiro atoms. The molecule has 0 aliphatic heterocycles. The summed E-state index contributed by atoms with van der Waals surface area (Å²) in [5.41, 5.74) is 8.41. The highest BCUT2D eigenvalue weighted by molar-refractivity contribution is 5.43. The Hall–Kier alpha value is -1.81. The van der Waals surface area contributed by atoms with E-state index in [2.05, 4.69) is 36.8 Å². The Labute approximate surface area is 114 Å². The van der Waals surface area contributed by atoms with Crippen LogP contribution in [0.15, 0.2) is 30.6 Å². The molecule has 2 aromatic rings. The number of methoxy groups -OCH3 is 1. The van der Waals surface area contributed by atoms with Crippen molar-refractivity contribution < 1.29 is 4.74 Å². The summed E-state index contributed by atoms with van der Waals surface area (Å²) in [6.45, 7) is 6.48. The number of hydrogen-bond donors (Lipinski definition) is 2. The Bertz CT molecular complexity index is 541. The third-order valence-electron chi connectivity index (χ3n) is 3.20. The van der Waals surface area contributed by atoms with E-state index in [4.69, 9.17) is 10.5 Å². The molecule has 3 N–H and O–H groups in total. The molecule has 1 heterocycles. The highest BCUT2D eigenvalue weighted by atomic mass is 16.5. The predicted molar refractivity (Wildman–Crippen MR) is 76.3 cm³/mol. The Balaban J connectivity index is 2.44. The molecule has 102 valence electrons. The van der Waals surface area contributed by atoms with E-state index < -0.39 is 0 Å². The van der Waals surface area contributed by atoms with Gasteiger partial charge in [0.2, 0.25) is 0 Å². The minimum Gasteiger partial charge on any atom is -0.496 e. The summed E-state index contributed by atoms with van der Waals surface area (Å²) in [5.74, 6) is 1.66. The molecule has 0 aliphatic carbocycles. The molecule has 0 bridgehead atoms. The number of rotatable bonds is 3. The summed E-state index contributed by atoms with van der Waals surface area (Å²) in [7, 11) is 1.69. The van der Waals surface area contributed by atoms with Crippen molar-refractivity contribution >= 4 is 0 Å². The SMILES string of the molecule is COc1ccc(C(N)c2ncc[nH]2)cc1C(C)(C)C.